The molecule has 90 valence electrons. The molecule has 0 spiro atoms. The molecule has 17 heavy (non-hydrogen) atoms. The van der Waals surface area contributed by atoms with E-state index in [-0.39, 0.29) is 5.91 Å². The van der Waals surface area contributed by atoms with Crippen molar-refractivity contribution < 1.29 is 4.79 Å². The third kappa shape index (κ3) is 2.51. The largest absolute Gasteiger partial charge is 0.352 e. The molecule has 2 aliphatic carbocycles. The van der Waals surface area contributed by atoms with Crippen molar-refractivity contribution in [3.8, 4) is 0 Å². The molecule has 0 saturated heterocycles. The lowest BCUT2D eigenvalue weighted by Gasteiger charge is -2.16. The van der Waals surface area contributed by atoms with Crippen LogP contribution in [0.3, 0.4) is 0 Å². The van der Waals surface area contributed by atoms with Gasteiger partial charge in [0.05, 0.1) is 0 Å². The Hall–Kier alpha value is -1.31. The van der Waals surface area contributed by atoms with Crippen LogP contribution in [0.4, 0.5) is 0 Å². The van der Waals surface area contributed by atoms with Crippen LogP contribution in [-0.4, -0.2) is 5.91 Å². The van der Waals surface area contributed by atoms with Gasteiger partial charge in [-0.2, -0.15) is 0 Å². The Bertz CT molecular complexity index is 435. The Balaban J connectivity index is 1.64. The summed E-state index contributed by atoms with van der Waals surface area (Å²) in [4.78, 5) is 11.6. The summed E-state index contributed by atoms with van der Waals surface area (Å²) in [6.45, 7) is 0.697. The van der Waals surface area contributed by atoms with E-state index in [4.69, 9.17) is 0 Å². The molecular formula is C15H19NO. The fraction of sp³-hybridized carbons (Fsp3) is 0.533. The Labute approximate surface area is 102 Å². The van der Waals surface area contributed by atoms with Crippen molar-refractivity contribution >= 4 is 5.91 Å². The number of rotatable bonds is 3. The molecule has 0 bridgehead atoms. The molecule has 1 aromatic carbocycles. The highest BCUT2D eigenvalue weighted by atomic mass is 16.2. The first-order valence-corrected chi connectivity index (χ1v) is 6.71. The van der Waals surface area contributed by atoms with E-state index in [9.17, 15) is 4.79 Å². The first-order chi connectivity index (χ1) is 8.33. The van der Waals surface area contributed by atoms with Gasteiger partial charge in [0.15, 0.2) is 0 Å². The van der Waals surface area contributed by atoms with E-state index in [0.29, 0.717) is 12.5 Å². The summed E-state index contributed by atoms with van der Waals surface area (Å²) in [6, 6.07) is 6.69. The molecule has 3 rings (SSSR count). The number of benzene rings is 1. The average molecular weight is 229 g/mol. The van der Waals surface area contributed by atoms with Crippen LogP contribution in [0.25, 0.3) is 0 Å². The van der Waals surface area contributed by atoms with Gasteiger partial charge in [0, 0.05) is 12.5 Å². The number of fused-ring (bicyclic) bond motifs is 1. The number of aryl methyl sites for hydroxylation is 2. The van der Waals surface area contributed by atoms with Crippen LogP contribution in [0, 0.1) is 5.92 Å². The van der Waals surface area contributed by atoms with E-state index in [1.54, 1.807) is 0 Å². The first-order valence-electron chi connectivity index (χ1n) is 6.71. The minimum atomic E-state index is 0.239. The van der Waals surface area contributed by atoms with Gasteiger partial charge in [0.1, 0.15) is 0 Å². The van der Waals surface area contributed by atoms with Crippen LogP contribution < -0.4 is 5.32 Å². The molecule has 1 aromatic rings. The Morgan fingerprint density at radius 3 is 2.71 bits per heavy atom. The highest BCUT2D eigenvalue weighted by Crippen LogP contribution is 2.29. The molecule has 0 aliphatic heterocycles. The van der Waals surface area contributed by atoms with Gasteiger partial charge in [-0.15, -0.1) is 0 Å². The molecule has 1 amide bonds. The molecule has 0 atom stereocenters. The molecule has 0 aromatic heterocycles. The quantitative estimate of drug-likeness (QED) is 0.848. The predicted octanol–water partition coefficient (Wildman–Crippen LogP) is 2.59. The molecule has 1 N–H and O–H groups in total. The van der Waals surface area contributed by atoms with Gasteiger partial charge >= 0.3 is 0 Å². The molecule has 0 unspecified atom stereocenters. The van der Waals surface area contributed by atoms with Crippen LogP contribution in [-0.2, 0) is 24.2 Å². The second kappa shape index (κ2) is 4.52. The number of carbonyl (C=O) groups is 1. The van der Waals surface area contributed by atoms with Gasteiger partial charge in [0.2, 0.25) is 5.91 Å². The second-order valence-electron chi connectivity index (χ2n) is 5.30. The van der Waals surface area contributed by atoms with E-state index in [0.717, 1.165) is 12.8 Å². The smallest absolute Gasteiger partial charge is 0.223 e. The SMILES string of the molecule is O=C(NCc1ccc2c(c1)CCCC2)C1CC1. The third-order valence-corrected chi connectivity index (χ3v) is 3.83. The van der Waals surface area contributed by atoms with Crippen molar-refractivity contribution in [2.45, 2.75) is 45.1 Å². The summed E-state index contributed by atoms with van der Waals surface area (Å²) in [7, 11) is 0. The monoisotopic (exact) mass is 229 g/mol. The van der Waals surface area contributed by atoms with Crippen molar-refractivity contribution in [2.75, 3.05) is 0 Å². The number of hydrogen-bond donors (Lipinski definition) is 1. The minimum Gasteiger partial charge on any atom is -0.352 e. The predicted molar refractivity (Wildman–Crippen MR) is 67.7 cm³/mol. The number of hydrogen-bond acceptors (Lipinski definition) is 1. The van der Waals surface area contributed by atoms with Gasteiger partial charge in [-0.1, -0.05) is 18.2 Å². The molecule has 0 heterocycles. The fourth-order valence-electron chi connectivity index (χ4n) is 2.58. The molecule has 2 nitrogen and oxygen atoms in total. The molecule has 1 saturated carbocycles. The summed E-state index contributed by atoms with van der Waals surface area (Å²) in [5.74, 6) is 0.551. The number of carbonyl (C=O) groups excluding carboxylic acids is 1. The molecule has 2 aliphatic rings. The number of nitrogens with one attached hydrogen (secondary N) is 1. The maximum absolute atomic E-state index is 11.6. The molecule has 1 fully saturated rings. The zero-order valence-corrected chi connectivity index (χ0v) is 10.2. The minimum absolute atomic E-state index is 0.239. The Morgan fingerprint density at radius 1 is 1.18 bits per heavy atom. The van der Waals surface area contributed by atoms with Crippen molar-refractivity contribution in [1.29, 1.82) is 0 Å². The van der Waals surface area contributed by atoms with Crippen molar-refractivity contribution in [1.82, 2.24) is 5.32 Å². The first kappa shape index (κ1) is 10.8. The van der Waals surface area contributed by atoms with Crippen molar-refractivity contribution in [3.05, 3.63) is 34.9 Å². The highest BCUT2D eigenvalue weighted by Gasteiger charge is 2.29. The lowest BCUT2D eigenvalue weighted by molar-refractivity contribution is -0.122. The maximum Gasteiger partial charge on any atom is 0.223 e. The lowest BCUT2D eigenvalue weighted by atomic mass is 9.90. The molecule has 0 radical (unpaired) electrons. The van der Waals surface area contributed by atoms with Crippen LogP contribution in [0.2, 0.25) is 0 Å². The third-order valence-electron chi connectivity index (χ3n) is 3.83. The average Bonchev–Trinajstić information content (AvgIpc) is 3.20. The normalized spacial score (nSPS) is 18.6. The van der Waals surface area contributed by atoms with E-state index in [1.165, 1.54) is 42.4 Å². The summed E-state index contributed by atoms with van der Waals surface area (Å²) in [5, 5.41) is 3.03. The van der Waals surface area contributed by atoms with E-state index in [1.807, 2.05) is 0 Å². The summed E-state index contributed by atoms with van der Waals surface area (Å²) in [6.07, 6.45) is 7.23. The van der Waals surface area contributed by atoms with Gasteiger partial charge < -0.3 is 5.32 Å². The van der Waals surface area contributed by atoms with E-state index in [2.05, 4.69) is 23.5 Å². The van der Waals surface area contributed by atoms with E-state index < -0.39 is 0 Å². The zero-order valence-electron chi connectivity index (χ0n) is 10.2. The number of amides is 1. The van der Waals surface area contributed by atoms with Gasteiger partial charge in [-0.05, 0) is 55.2 Å². The van der Waals surface area contributed by atoms with Gasteiger partial charge in [-0.3, -0.25) is 4.79 Å². The fourth-order valence-corrected chi connectivity index (χ4v) is 2.58. The Morgan fingerprint density at radius 2 is 1.94 bits per heavy atom. The van der Waals surface area contributed by atoms with Crippen LogP contribution in [0.5, 0.6) is 0 Å². The standard InChI is InChI=1S/C15H19NO/c17-15(13-7-8-13)16-10-11-5-6-12-3-1-2-4-14(12)9-11/h5-6,9,13H,1-4,7-8,10H2,(H,16,17). The van der Waals surface area contributed by atoms with Crippen LogP contribution in [0.15, 0.2) is 18.2 Å². The lowest BCUT2D eigenvalue weighted by Crippen LogP contribution is -2.24. The highest BCUT2D eigenvalue weighted by molar-refractivity contribution is 5.80. The van der Waals surface area contributed by atoms with Crippen molar-refractivity contribution in [3.63, 3.8) is 0 Å². The van der Waals surface area contributed by atoms with Crippen molar-refractivity contribution in [2.24, 2.45) is 5.92 Å². The summed E-state index contributed by atoms with van der Waals surface area (Å²) >= 11 is 0. The van der Waals surface area contributed by atoms with Crippen LogP contribution in [0.1, 0.15) is 42.4 Å². The van der Waals surface area contributed by atoms with Crippen LogP contribution >= 0.6 is 0 Å². The maximum atomic E-state index is 11.6. The summed E-state index contributed by atoms with van der Waals surface area (Å²) in [5.41, 5.74) is 4.25. The van der Waals surface area contributed by atoms with E-state index >= 15 is 0 Å². The molecule has 2 heteroatoms. The second-order valence-corrected chi connectivity index (χ2v) is 5.30. The van der Waals surface area contributed by atoms with Gasteiger partial charge in [0.25, 0.3) is 0 Å². The van der Waals surface area contributed by atoms with Gasteiger partial charge in [-0.25, -0.2) is 0 Å². The summed E-state index contributed by atoms with van der Waals surface area (Å²) < 4.78 is 0. The Kier molecular flexibility index (Phi) is 2.87. The topological polar surface area (TPSA) is 29.1 Å². The zero-order chi connectivity index (χ0) is 11.7. The molecular weight excluding hydrogens is 210 g/mol.